The van der Waals surface area contributed by atoms with Gasteiger partial charge in [-0.1, -0.05) is 23.3 Å². The Hall–Kier alpha value is -0.400. The molecule has 0 unspecified atom stereocenters. The normalized spacial score (nSPS) is 11.5. The minimum absolute atomic E-state index is 0.761. The molecule has 60 valence electrons. The summed E-state index contributed by atoms with van der Waals surface area (Å²) in [5.41, 5.74) is 0. The number of rotatable bonds is 1. The quantitative estimate of drug-likeness (QED) is 0.592. The highest BCUT2D eigenvalue weighted by Crippen LogP contribution is 2.28. The predicted octanol–water partition coefficient (Wildman–Crippen LogP) is 3.00. The van der Waals surface area contributed by atoms with E-state index < -0.39 is 9.21 Å². The topological polar surface area (TPSA) is 0 Å². The van der Waals surface area contributed by atoms with E-state index in [9.17, 15) is 0 Å². The van der Waals surface area contributed by atoms with E-state index in [-0.39, 0.29) is 0 Å². The molecule has 0 heterocycles. The highest BCUT2D eigenvalue weighted by Gasteiger charge is 1.93. The van der Waals surface area contributed by atoms with E-state index >= 15 is 0 Å². The van der Waals surface area contributed by atoms with Gasteiger partial charge >= 0.3 is 0 Å². The zero-order chi connectivity index (χ0) is 8.48. The Balaban J connectivity index is 3.20. The van der Waals surface area contributed by atoms with Crippen molar-refractivity contribution >= 4 is 32.5 Å². The first-order chi connectivity index (χ1) is 5.00. The molecule has 0 aliphatic carbocycles. The highest BCUT2D eigenvalue weighted by atomic mass is 35.5. The van der Waals surface area contributed by atoms with Gasteiger partial charge in [0.2, 0.25) is 0 Å². The second-order valence-electron chi connectivity index (χ2n) is 2.73. The summed E-state index contributed by atoms with van der Waals surface area (Å²) in [5, 5.41) is 0.761. The van der Waals surface area contributed by atoms with Crippen LogP contribution in [0.2, 0.25) is 5.02 Å². The molecule has 0 saturated heterocycles. The highest BCUT2D eigenvalue weighted by molar-refractivity contribution is 8.27. The summed E-state index contributed by atoms with van der Waals surface area (Å²) in [6.45, 7) is 0. The molecule has 0 atom stereocenters. The van der Waals surface area contributed by atoms with Gasteiger partial charge in [-0.05, 0) is 35.4 Å². The average Bonchev–Trinajstić information content (AvgIpc) is 1.86. The summed E-state index contributed by atoms with van der Waals surface area (Å²) < 4.78 is 0. The molecule has 0 aliphatic heterocycles. The SMILES string of the molecule is C=S(=C)(C)c1ccc(Cl)cc1. The van der Waals surface area contributed by atoms with Gasteiger partial charge in [0.25, 0.3) is 0 Å². The lowest BCUT2D eigenvalue weighted by Crippen LogP contribution is -1.76. The molecule has 2 heteroatoms. The molecule has 0 N–H and O–H groups in total. The molecule has 0 fully saturated rings. The van der Waals surface area contributed by atoms with Crippen LogP contribution in [0, 0.1) is 0 Å². The van der Waals surface area contributed by atoms with Crippen molar-refractivity contribution in [3.63, 3.8) is 0 Å². The van der Waals surface area contributed by atoms with E-state index in [2.05, 4.69) is 18.0 Å². The Morgan fingerprint density at radius 3 is 2.00 bits per heavy atom. The van der Waals surface area contributed by atoms with Gasteiger partial charge in [-0.15, -0.1) is 0 Å². The summed E-state index contributed by atoms with van der Waals surface area (Å²) in [6.07, 6.45) is 2.05. The Kier molecular flexibility index (Phi) is 2.31. The van der Waals surface area contributed by atoms with Crippen LogP contribution in [0.3, 0.4) is 0 Å². The van der Waals surface area contributed by atoms with E-state index in [1.165, 1.54) is 4.90 Å². The van der Waals surface area contributed by atoms with Crippen LogP contribution < -0.4 is 0 Å². The van der Waals surface area contributed by atoms with Gasteiger partial charge in [-0.2, -0.15) is 9.21 Å². The number of hydrogen-bond donors (Lipinski definition) is 0. The van der Waals surface area contributed by atoms with Crippen molar-refractivity contribution in [1.29, 1.82) is 0 Å². The van der Waals surface area contributed by atoms with Gasteiger partial charge < -0.3 is 0 Å². The molecule has 1 rings (SSSR count). The molecular formula is C9H11ClS. The van der Waals surface area contributed by atoms with Gasteiger partial charge in [0.15, 0.2) is 0 Å². The standard InChI is InChI=1S/C9H11ClS/c1-11(2,3)9-6-4-8(10)5-7-9/h4-7H,1-2H2,3H3. The van der Waals surface area contributed by atoms with Crippen molar-refractivity contribution in [2.75, 3.05) is 6.26 Å². The Bertz CT molecular complexity index is 332. The lowest BCUT2D eigenvalue weighted by atomic mass is 10.4. The third kappa shape index (κ3) is 2.28. The molecule has 0 amide bonds. The summed E-state index contributed by atoms with van der Waals surface area (Å²) in [7, 11) is -1.08. The van der Waals surface area contributed by atoms with Crippen LogP contribution >= 0.6 is 20.8 Å². The van der Waals surface area contributed by atoms with Gasteiger partial charge in [-0.3, -0.25) is 0 Å². The fourth-order valence-electron chi connectivity index (χ4n) is 0.763. The maximum atomic E-state index is 5.73. The fourth-order valence-corrected chi connectivity index (χ4v) is 1.68. The first-order valence-electron chi connectivity index (χ1n) is 3.20. The molecule has 0 bridgehead atoms. The van der Waals surface area contributed by atoms with Gasteiger partial charge in [0.05, 0.1) is 0 Å². The van der Waals surface area contributed by atoms with Gasteiger partial charge in [0, 0.05) is 5.02 Å². The van der Waals surface area contributed by atoms with E-state index in [4.69, 9.17) is 11.6 Å². The van der Waals surface area contributed by atoms with Crippen molar-refractivity contribution in [3.8, 4) is 0 Å². The van der Waals surface area contributed by atoms with Gasteiger partial charge in [-0.25, -0.2) is 0 Å². The third-order valence-electron chi connectivity index (χ3n) is 1.38. The maximum Gasteiger partial charge on any atom is 0.0406 e. The summed E-state index contributed by atoms with van der Waals surface area (Å²) >= 11 is 5.73. The van der Waals surface area contributed by atoms with Crippen LogP contribution in [0.4, 0.5) is 0 Å². The minimum Gasteiger partial charge on any atom is -0.190 e. The van der Waals surface area contributed by atoms with E-state index in [1.54, 1.807) is 0 Å². The lowest BCUT2D eigenvalue weighted by molar-refractivity contribution is 1.47. The summed E-state index contributed by atoms with van der Waals surface area (Å²) in [5.74, 6) is 8.00. The molecule has 0 aromatic heterocycles. The minimum atomic E-state index is -1.08. The van der Waals surface area contributed by atoms with E-state index in [0.717, 1.165) is 5.02 Å². The van der Waals surface area contributed by atoms with E-state index in [1.807, 2.05) is 24.3 Å². The molecule has 11 heavy (non-hydrogen) atoms. The van der Waals surface area contributed by atoms with Crippen LogP contribution in [0.15, 0.2) is 29.2 Å². The molecule has 0 saturated carbocycles. The molecule has 0 nitrogen and oxygen atoms in total. The second kappa shape index (κ2) is 2.92. The lowest BCUT2D eigenvalue weighted by Gasteiger charge is -2.06. The predicted molar refractivity (Wildman–Crippen MR) is 57.5 cm³/mol. The average molecular weight is 187 g/mol. The van der Waals surface area contributed by atoms with Crippen LogP contribution in [0.1, 0.15) is 0 Å². The Morgan fingerprint density at radius 2 is 1.64 bits per heavy atom. The van der Waals surface area contributed by atoms with Crippen molar-refractivity contribution in [1.82, 2.24) is 0 Å². The number of halogens is 1. The Labute approximate surface area is 73.3 Å². The molecule has 0 radical (unpaired) electrons. The van der Waals surface area contributed by atoms with Crippen molar-refractivity contribution in [2.24, 2.45) is 0 Å². The van der Waals surface area contributed by atoms with Crippen LogP contribution in [0.5, 0.6) is 0 Å². The number of benzene rings is 1. The molecule has 1 aromatic carbocycles. The maximum absolute atomic E-state index is 5.73. The molecule has 1 aromatic rings. The molecular weight excluding hydrogens is 176 g/mol. The smallest absolute Gasteiger partial charge is 0.0406 e. The summed E-state index contributed by atoms with van der Waals surface area (Å²) in [6, 6.07) is 7.71. The van der Waals surface area contributed by atoms with Crippen LogP contribution in [-0.4, -0.2) is 18.0 Å². The molecule has 0 aliphatic rings. The Morgan fingerprint density at radius 1 is 1.18 bits per heavy atom. The van der Waals surface area contributed by atoms with Crippen molar-refractivity contribution < 1.29 is 0 Å². The van der Waals surface area contributed by atoms with Crippen LogP contribution in [0.25, 0.3) is 0 Å². The van der Waals surface area contributed by atoms with Crippen LogP contribution in [-0.2, 0) is 0 Å². The second-order valence-corrected chi connectivity index (χ2v) is 6.18. The molecule has 0 spiro atoms. The zero-order valence-electron chi connectivity index (χ0n) is 6.51. The van der Waals surface area contributed by atoms with Gasteiger partial charge in [0.1, 0.15) is 0 Å². The first-order valence-corrected chi connectivity index (χ1v) is 5.96. The monoisotopic (exact) mass is 186 g/mol. The number of hydrogen-bond acceptors (Lipinski definition) is 0. The zero-order valence-corrected chi connectivity index (χ0v) is 8.08. The summed E-state index contributed by atoms with van der Waals surface area (Å²) in [4.78, 5) is 1.18. The first kappa shape index (κ1) is 8.69. The van der Waals surface area contributed by atoms with Crippen molar-refractivity contribution in [3.05, 3.63) is 29.3 Å². The largest absolute Gasteiger partial charge is 0.190 e. The fraction of sp³-hybridized carbons (Fsp3) is 0.111. The van der Waals surface area contributed by atoms with E-state index in [0.29, 0.717) is 0 Å². The third-order valence-corrected chi connectivity index (χ3v) is 3.04. The van der Waals surface area contributed by atoms with Crippen molar-refractivity contribution in [2.45, 2.75) is 4.90 Å².